The molecule has 1 heterocycles. The maximum absolute atomic E-state index is 10.8. The van der Waals surface area contributed by atoms with E-state index in [4.69, 9.17) is 25.8 Å². The van der Waals surface area contributed by atoms with Crippen LogP contribution in [0, 0.1) is 0 Å². The van der Waals surface area contributed by atoms with Crippen molar-refractivity contribution in [2.45, 2.75) is 12.5 Å². The van der Waals surface area contributed by atoms with Crippen LogP contribution in [0.2, 0.25) is 0 Å². The van der Waals surface area contributed by atoms with Crippen molar-refractivity contribution in [1.82, 2.24) is 4.98 Å². The summed E-state index contributed by atoms with van der Waals surface area (Å²) in [7, 11) is 0. The molecular weight excluding hydrogens is 336 g/mol. The van der Waals surface area contributed by atoms with Gasteiger partial charge in [0.1, 0.15) is 23.9 Å². The van der Waals surface area contributed by atoms with E-state index in [0.29, 0.717) is 30.5 Å². The first-order valence-electron chi connectivity index (χ1n) is 8.11. The molecule has 26 heavy (non-hydrogen) atoms. The lowest BCUT2D eigenvalue weighted by Crippen LogP contribution is -2.35. The van der Waals surface area contributed by atoms with Gasteiger partial charge >= 0.3 is 12.0 Å². The highest BCUT2D eigenvalue weighted by molar-refractivity contribution is 5.74. The first-order chi connectivity index (χ1) is 12.5. The number of hydrogen-bond donors (Lipinski definition) is 3. The minimum Gasteiger partial charge on any atom is -0.492 e. The Labute approximate surface area is 149 Å². The highest BCUT2D eigenvalue weighted by atomic mass is 16.5. The van der Waals surface area contributed by atoms with Gasteiger partial charge in [-0.25, -0.2) is 5.84 Å². The van der Waals surface area contributed by atoms with Crippen LogP contribution in [-0.2, 0) is 11.2 Å². The molecule has 0 bridgehead atoms. The minimum atomic E-state index is -1.02. The molecule has 136 valence electrons. The van der Waals surface area contributed by atoms with Gasteiger partial charge in [0.2, 0.25) is 0 Å². The summed E-state index contributed by atoms with van der Waals surface area (Å²) in [6.07, 6.45) is 0.268. The second-order valence-electron chi connectivity index (χ2n) is 5.80. The highest BCUT2D eigenvalue weighted by Crippen LogP contribution is 2.20. The molecule has 1 atom stereocenters. The Morgan fingerprint density at radius 1 is 1.23 bits per heavy atom. The monoisotopic (exact) mass is 356 g/mol. The smallest absolute Gasteiger partial charge is 0.320 e. The lowest BCUT2D eigenvalue weighted by Gasteiger charge is -2.14. The van der Waals surface area contributed by atoms with Crippen LogP contribution in [0.3, 0.4) is 0 Å². The quantitative estimate of drug-likeness (QED) is 0.410. The zero-order valence-electron chi connectivity index (χ0n) is 14.0. The maximum Gasteiger partial charge on any atom is 0.320 e. The number of carboxylic acid groups (broad SMARTS) is 1. The second-order valence-corrected chi connectivity index (χ2v) is 5.80. The molecule has 0 radical (unpaired) electrons. The Kier molecular flexibility index (Phi) is 5.35. The van der Waals surface area contributed by atoms with Crippen molar-refractivity contribution in [3.63, 3.8) is 0 Å². The third-order valence-electron chi connectivity index (χ3n) is 3.83. The molecule has 5 N–H and O–H groups in total. The van der Waals surface area contributed by atoms with Gasteiger partial charge in [-0.05, 0) is 36.2 Å². The van der Waals surface area contributed by atoms with Crippen molar-refractivity contribution in [2.24, 2.45) is 11.6 Å². The molecular formula is C18H20N4O4. The van der Waals surface area contributed by atoms with E-state index in [1.54, 1.807) is 24.3 Å². The number of fused-ring (bicyclic) bond motifs is 1. The summed E-state index contributed by atoms with van der Waals surface area (Å²) < 4.78 is 11.2. The third-order valence-corrected chi connectivity index (χ3v) is 3.83. The van der Waals surface area contributed by atoms with E-state index < -0.39 is 12.0 Å². The fraction of sp³-hybridized carbons (Fsp3) is 0.222. The standard InChI is InChI=1S/C18H20N4O4/c19-14(17(23)24)11-12-5-7-13(8-6-12)25-10-9-22(20)18-21-15-3-1-2-4-16(15)26-18/h1-8,14H,9-11,19-20H2,(H,23,24). The average Bonchev–Trinajstić information content (AvgIpc) is 3.07. The summed E-state index contributed by atoms with van der Waals surface area (Å²) in [4.78, 5) is 15.1. The molecule has 0 aliphatic rings. The predicted molar refractivity (Wildman–Crippen MR) is 96.8 cm³/mol. The molecule has 3 rings (SSSR count). The van der Waals surface area contributed by atoms with Gasteiger partial charge in [0.25, 0.3) is 0 Å². The number of anilines is 1. The summed E-state index contributed by atoms with van der Waals surface area (Å²) in [5.74, 6) is 5.59. The molecule has 2 aromatic carbocycles. The first-order valence-corrected chi connectivity index (χ1v) is 8.11. The number of aliphatic carboxylic acids is 1. The Bertz CT molecular complexity index is 845. The molecule has 0 spiro atoms. The van der Waals surface area contributed by atoms with E-state index >= 15 is 0 Å². The van der Waals surface area contributed by atoms with Gasteiger partial charge in [-0.1, -0.05) is 24.3 Å². The van der Waals surface area contributed by atoms with Crippen LogP contribution in [0.25, 0.3) is 11.1 Å². The molecule has 0 fully saturated rings. The third kappa shape index (κ3) is 4.29. The number of carboxylic acids is 1. The number of nitrogens with zero attached hydrogens (tertiary/aromatic N) is 2. The number of aromatic nitrogens is 1. The lowest BCUT2D eigenvalue weighted by atomic mass is 10.1. The van der Waals surface area contributed by atoms with Gasteiger partial charge < -0.3 is 20.0 Å². The van der Waals surface area contributed by atoms with Crippen molar-refractivity contribution >= 4 is 23.1 Å². The SMILES string of the molecule is NC(Cc1ccc(OCCN(N)c2nc3ccccc3o2)cc1)C(=O)O. The van der Waals surface area contributed by atoms with Gasteiger partial charge in [-0.2, -0.15) is 4.98 Å². The molecule has 3 aromatic rings. The lowest BCUT2D eigenvalue weighted by molar-refractivity contribution is -0.138. The zero-order chi connectivity index (χ0) is 18.5. The van der Waals surface area contributed by atoms with Gasteiger partial charge in [-0.3, -0.25) is 9.80 Å². The van der Waals surface area contributed by atoms with E-state index in [1.165, 1.54) is 5.01 Å². The normalized spacial score (nSPS) is 12.1. The van der Waals surface area contributed by atoms with Crippen LogP contribution < -0.4 is 21.3 Å². The van der Waals surface area contributed by atoms with E-state index in [9.17, 15) is 4.79 Å². The zero-order valence-corrected chi connectivity index (χ0v) is 14.0. The number of ether oxygens (including phenoxy) is 1. The molecule has 1 unspecified atom stereocenters. The average molecular weight is 356 g/mol. The highest BCUT2D eigenvalue weighted by Gasteiger charge is 2.12. The van der Waals surface area contributed by atoms with E-state index in [2.05, 4.69) is 4.98 Å². The minimum absolute atomic E-state index is 0.268. The molecule has 0 aliphatic carbocycles. The van der Waals surface area contributed by atoms with E-state index in [1.807, 2.05) is 24.3 Å². The number of nitrogens with two attached hydrogens (primary N) is 2. The van der Waals surface area contributed by atoms with Crippen LogP contribution in [0.5, 0.6) is 5.75 Å². The van der Waals surface area contributed by atoms with Crippen LogP contribution >= 0.6 is 0 Å². The van der Waals surface area contributed by atoms with Gasteiger partial charge in [-0.15, -0.1) is 0 Å². The summed E-state index contributed by atoms with van der Waals surface area (Å²) in [5, 5.41) is 10.2. The van der Waals surface area contributed by atoms with Crippen molar-refractivity contribution in [2.75, 3.05) is 18.2 Å². The van der Waals surface area contributed by atoms with Crippen molar-refractivity contribution < 1.29 is 19.1 Å². The first kappa shape index (κ1) is 17.7. The van der Waals surface area contributed by atoms with Crippen LogP contribution in [0.1, 0.15) is 5.56 Å². The molecule has 0 saturated carbocycles. The molecule has 8 nitrogen and oxygen atoms in total. The summed E-state index contributed by atoms with van der Waals surface area (Å²) in [6, 6.07) is 14.0. The number of rotatable bonds is 8. The number of benzene rings is 2. The van der Waals surface area contributed by atoms with E-state index in [-0.39, 0.29) is 6.42 Å². The van der Waals surface area contributed by atoms with Gasteiger partial charge in [0.15, 0.2) is 5.58 Å². The maximum atomic E-state index is 10.8. The number of carbonyl (C=O) groups is 1. The number of hydrazine groups is 1. The number of para-hydroxylation sites is 2. The van der Waals surface area contributed by atoms with Crippen molar-refractivity contribution in [3.8, 4) is 5.75 Å². The van der Waals surface area contributed by atoms with Crippen molar-refractivity contribution in [3.05, 3.63) is 54.1 Å². The second kappa shape index (κ2) is 7.85. The Balaban J connectivity index is 1.50. The topological polar surface area (TPSA) is 128 Å². The van der Waals surface area contributed by atoms with Crippen LogP contribution in [-0.4, -0.2) is 35.3 Å². The largest absolute Gasteiger partial charge is 0.492 e. The Morgan fingerprint density at radius 3 is 2.65 bits per heavy atom. The van der Waals surface area contributed by atoms with E-state index in [0.717, 1.165) is 11.1 Å². The van der Waals surface area contributed by atoms with Gasteiger partial charge in [0, 0.05) is 0 Å². The number of hydrogen-bond acceptors (Lipinski definition) is 7. The fourth-order valence-electron chi connectivity index (χ4n) is 2.40. The Morgan fingerprint density at radius 2 is 1.96 bits per heavy atom. The van der Waals surface area contributed by atoms with Crippen LogP contribution in [0.4, 0.5) is 6.01 Å². The predicted octanol–water partition coefficient (Wildman–Crippen LogP) is 1.54. The van der Waals surface area contributed by atoms with Crippen LogP contribution in [0.15, 0.2) is 52.9 Å². The Hall–Kier alpha value is -3.10. The number of oxazole rings is 1. The summed E-state index contributed by atoms with van der Waals surface area (Å²) >= 11 is 0. The molecule has 0 amide bonds. The molecule has 0 aliphatic heterocycles. The van der Waals surface area contributed by atoms with Gasteiger partial charge in [0.05, 0.1) is 6.54 Å². The summed E-state index contributed by atoms with van der Waals surface area (Å²) in [5.41, 5.74) is 7.77. The molecule has 8 heteroatoms. The fourth-order valence-corrected chi connectivity index (χ4v) is 2.40. The molecule has 0 saturated heterocycles. The molecule has 1 aromatic heterocycles. The summed E-state index contributed by atoms with van der Waals surface area (Å²) in [6.45, 7) is 0.724. The van der Waals surface area contributed by atoms with Crippen molar-refractivity contribution in [1.29, 1.82) is 0 Å².